The van der Waals surface area contributed by atoms with Crippen LogP contribution >= 0.6 is 0 Å². The van der Waals surface area contributed by atoms with Crippen molar-refractivity contribution in [2.45, 2.75) is 13.0 Å². The summed E-state index contributed by atoms with van der Waals surface area (Å²) in [5.41, 5.74) is 9.10. The fourth-order valence-corrected chi connectivity index (χ4v) is 3.50. The van der Waals surface area contributed by atoms with E-state index in [0.29, 0.717) is 50.6 Å². The Hall–Kier alpha value is -2.29. The topological polar surface area (TPSA) is 93.8 Å². The van der Waals surface area contributed by atoms with E-state index >= 15 is 0 Å². The number of morpholine rings is 2. The lowest BCUT2D eigenvalue weighted by Gasteiger charge is -2.28. The molecule has 8 heteroatoms. The van der Waals surface area contributed by atoms with Gasteiger partial charge in [0.2, 0.25) is 0 Å². The zero-order valence-electron chi connectivity index (χ0n) is 15.6. The van der Waals surface area contributed by atoms with Crippen LogP contribution in [0.2, 0.25) is 0 Å². The van der Waals surface area contributed by atoms with Crippen LogP contribution in [0.3, 0.4) is 0 Å². The number of hydrogen-bond acceptors (Lipinski definition) is 7. The van der Waals surface area contributed by atoms with Gasteiger partial charge in [-0.05, 0) is 24.6 Å². The van der Waals surface area contributed by atoms with E-state index in [4.69, 9.17) is 20.2 Å². The maximum atomic E-state index is 12.9. The molecule has 2 aromatic rings. The number of rotatable bonds is 3. The first-order chi connectivity index (χ1) is 13.1. The number of carbonyl (C=O) groups excluding carboxylic acids is 1. The third-order valence-electron chi connectivity index (χ3n) is 5.04. The number of ether oxygens (including phenoxy) is 2. The maximum absolute atomic E-state index is 12.9. The van der Waals surface area contributed by atoms with Gasteiger partial charge in [-0.1, -0.05) is 0 Å². The number of hydrogen-bond donors (Lipinski definition) is 1. The van der Waals surface area contributed by atoms with E-state index in [9.17, 15) is 4.79 Å². The second-order valence-electron chi connectivity index (χ2n) is 6.95. The van der Waals surface area contributed by atoms with Crippen molar-refractivity contribution in [3.8, 4) is 0 Å². The number of nitrogens with zero attached hydrogens (tertiary/aromatic N) is 4. The number of fused-ring (bicyclic) bond motifs is 1. The fourth-order valence-electron chi connectivity index (χ4n) is 3.50. The van der Waals surface area contributed by atoms with Crippen LogP contribution in [-0.2, 0) is 9.47 Å². The average molecular weight is 371 g/mol. The molecule has 1 aromatic heterocycles. The van der Waals surface area contributed by atoms with E-state index in [1.807, 2.05) is 24.0 Å². The first-order valence-electron chi connectivity index (χ1n) is 9.39. The predicted molar refractivity (Wildman–Crippen MR) is 102 cm³/mol. The SMILES string of the molecule is CC(N)c1cc(C(=O)N2CCOCC2)cc2ncc(N3CCOCC3)nc12. The van der Waals surface area contributed by atoms with Gasteiger partial charge in [0.05, 0.1) is 43.7 Å². The summed E-state index contributed by atoms with van der Waals surface area (Å²) in [7, 11) is 0. The number of carbonyl (C=O) groups is 1. The molecule has 3 heterocycles. The molecule has 8 nitrogen and oxygen atoms in total. The highest BCUT2D eigenvalue weighted by atomic mass is 16.5. The Morgan fingerprint density at radius 3 is 2.44 bits per heavy atom. The number of amides is 1. The predicted octanol–water partition coefficient (Wildman–Crippen LogP) is 0.958. The van der Waals surface area contributed by atoms with Crippen LogP contribution in [0.5, 0.6) is 0 Å². The Morgan fingerprint density at radius 1 is 1.11 bits per heavy atom. The molecule has 0 bridgehead atoms. The zero-order valence-corrected chi connectivity index (χ0v) is 15.6. The summed E-state index contributed by atoms with van der Waals surface area (Å²) in [6.07, 6.45) is 1.77. The number of anilines is 1. The van der Waals surface area contributed by atoms with Gasteiger partial charge in [0.1, 0.15) is 5.82 Å². The summed E-state index contributed by atoms with van der Waals surface area (Å²) in [6, 6.07) is 3.43. The molecule has 1 unspecified atom stereocenters. The number of benzene rings is 1. The summed E-state index contributed by atoms with van der Waals surface area (Å²) >= 11 is 0. The van der Waals surface area contributed by atoms with Crippen LogP contribution in [0.4, 0.5) is 5.82 Å². The molecular weight excluding hydrogens is 346 g/mol. The first-order valence-corrected chi connectivity index (χ1v) is 9.39. The molecule has 1 aromatic carbocycles. The van der Waals surface area contributed by atoms with Gasteiger partial charge in [0, 0.05) is 37.8 Å². The Morgan fingerprint density at radius 2 is 1.78 bits per heavy atom. The van der Waals surface area contributed by atoms with E-state index in [-0.39, 0.29) is 11.9 Å². The minimum Gasteiger partial charge on any atom is -0.378 e. The van der Waals surface area contributed by atoms with Gasteiger partial charge in [-0.2, -0.15) is 0 Å². The lowest BCUT2D eigenvalue weighted by molar-refractivity contribution is 0.0303. The van der Waals surface area contributed by atoms with E-state index in [0.717, 1.165) is 30.0 Å². The highest BCUT2D eigenvalue weighted by Gasteiger charge is 2.22. The summed E-state index contributed by atoms with van der Waals surface area (Å²) in [6.45, 7) is 7.21. The van der Waals surface area contributed by atoms with Crippen molar-refractivity contribution in [2.75, 3.05) is 57.5 Å². The lowest BCUT2D eigenvalue weighted by Crippen LogP contribution is -2.40. The normalized spacial score (nSPS) is 19.3. The molecule has 144 valence electrons. The molecule has 0 radical (unpaired) electrons. The van der Waals surface area contributed by atoms with Crippen molar-refractivity contribution in [1.82, 2.24) is 14.9 Å². The highest BCUT2D eigenvalue weighted by Crippen LogP contribution is 2.26. The Balaban J connectivity index is 1.72. The van der Waals surface area contributed by atoms with Gasteiger partial charge in [-0.3, -0.25) is 9.78 Å². The van der Waals surface area contributed by atoms with Gasteiger partial charge in [0.25, 0.3) is 5.91 Å². The second kappa shape index (κ2) is 7.75. The Kier molecular flexibility index (Phi) is 5.20. The molecule has 2 saturated heterocycles. The third kappa shape index (κ3) is 3.73. The molecule has 0 aliphatic carbocycles. The first kappa shape index (κ1) is 18.1. The van der Waals surface area contributed by atoms with Crippen molar-refractivity contribution in [2.24, 2.45) is 5.73 Å². The molecule has 4 rings (SSSR count). The molecule has 2 N–H and O–H groups in total. The van der Waals surface area contributed by atoms with Crippen molar-refractivity contribution < 1.29 is 14.3 Å². The lowest BCUT2D eigenvalue weighted by atomic mass is 10.0. The quantitative estimate of drug-likeness (QED) is 0.859. The second-order valence-corrected chi connectivity index (χ2v) is 6.95. The van der Waals surface area contributed by atoms with Gasteiger partial charge >= 0.3 is 0 Å². The summed E-state index contributed by atoms with van der Waals surface area (Å²) in [5.74, 6) is 0.807. The average Bonchev–Trinajstić information content (AvgIpc) is 2.73. The van der Waals surface area contributed by atoms with E-state index < -0.39 is 0 Å². The molecule has 1 atom stereocenters. The standard InChI is InChI=1S/C19H25N5O3/c1-13(20)15-10-14(19(25)24-4-8-27-9-5-24)11-16-18(15)22-17(12-21-16)23-2-6-26-7-3-23/h10-13H,2-9,20H2,1H3. The molecule has 0 saturated carbocycles. The van der Waals surface area contributed by atoms with Crippen molar-refractivity contribution >= 4 is 22.8 Å². The summed E-state index contributed by atoms with van der Waals surface area (Å²) < 4.78 is 10.7. The van der Waals surface area contributed by atoms with Gasteiger partial charge in [-0.15, -0.1) is 0 Å². The largest absolute Gasteiger partial charge is 0.378 e. The van der Waals surface area contributed by atoms with E-state index in [1.165, 1.54) is 0 Å². The molecule has 0 spiro atoms. The van der Waals surface area contributed by atoms with Gasteiger partial charge in [0.15, 0.2) is 0 Å². The Labute approximate surface area is 158 Å². The van der Waals surface area contributed by atoms with E-state index in [2.05, 4.69) is 9.88 Å². The third-order valence-corrected chi connectivity index (χ3v) is 5.04. The number of nitrogens with two attached hydrogens (primary N) is 1. The van der Waals surface area contributed by atoms with Crippen LogP contribution < -0.4 is 10.6 Å². The van der Waals surface area contributed by atoms with Crippen LogP contribution in [0, 0.1) is 0 Å². The van der Waals surface area contributed by atoms with E-state index in [1.54, 1.807) is 6.20 Å². The molecule has 2 aliphatic heterocycles. The molecule has 27 heavy (non-hydrogen) atoms. The molecule has 2 fully saturated rings. The highest BCUT2D eigenvalue weighted by molar-refractivity contribution is 5.98. The van der Waals surface area contributed by atoms with Gasteiger partial charge in [-0.25, -0.2) is 4.98 Å². The smallest absolute Gasteiger partial charge is 0.254 e. The van der Waals surface area contributed by atoms with Gasteiger partial charge < -0.3 is 25.0 Å². The van der Waals surface area contributed by atoms with Crippen LogP contribution in [0.1, 0.15) is 28.9 Å². The monoisotopic (exact) mass is 371 g/mol. The fraction of sp³-hybridized carbons (Fsp3) is 0.526. The molecule has 1 amide bonds. The summed E-state index contributed by atoms with van der Waals surface area (Å²) in [4.78, 5) is 26.3. The number of aromatic nitrogens is 2. The molecule has 2 aliphatic rings. The van der Waals surface area contributed by atoms with Crippen LogP contribution in [0.25, 0.3) is 11.0 Å². The van der Waals surface area contributed by atoms with Crippen molar-refractivity contribution in [3.63, 3.8) is 0 Å². The minimum atomic E-state index is -0.251. The molecular formula is C19H25N5O3. The minimum absolute atomic E-state index is 0.0128. The van der Waals surface area contributed by atoms with Crippen molar-refractivity contribution in [1.29, 1.82) is 0 Å². The Bertz CT molecular complexity index is 829. The van der Waals surface area contributed by atoms with Crippen LogP contribution in [0.15, 0.2) is 18.3 Å². The zero-order chi connectivity index (χ0) is 18.8. The maximum Gasteiger partial charge on any atom is 0.254 e. The van der Waals surface area contributed by atoms with Crippen LogP contribution in [-0.4, -0.2) is 73.4 Å². The van der Waals surface area contributed by atoms with Crippen molar-refractivity contribution in [3.05, 3.63) is 29.5 Å². The summed E-state index contributed by atoms with van der Waals surface area (Å²) in [5, 5.41) is 0.